The number of benzene rings is 3. The number of hydrogen-bond acceptors (Lipinski definition) is 8. The number of anilines is 2. The molecule has 5 rings (SSSR count). The van der Waals surface area contributed by atoms with Gasteiger partial charge in [0.25, 0.3) is 0 Å². The first-order valence-corrected chi connectivity index (χ1v) is 11.7. The Morgan fingerprint density at radius 1 is 0.939 bits per heavy atom. The second-order valence-electron chi connectivity index (χ2n) is 6.97. The summed E-state index contributed by atoms with van der Waals surface area (Å²) in [7, 11) is 1.33. The van der Waals surface area contributed by atoms with Gasteiger partial charge in [0.15, 0.2) is 0 Å². The Kier molecular flexibility index (Phi) is 5.84. The zero-order chi connectivity index (χ0) is 22.8. The van der Waals surface area contributed by atoms with Crippen LogP contribution in [0.3, 0.4) is 0 Å². The number of methoxy groups -OCH3 is 1. The van der Waals surface area contributed by atoms with Crippen molar-refractivity contribution in [3.05, 3.63) is 78.4 Å². The van der Waals surface area contributed by atoms with Crippen LogP contribution in [0.25, 0.3) is 5.69 Å². The highest BCUT2D eigenvalue weighted by atomic mass is 32.2. The molecule has 0 saturated carbocycles. The summed E-state index contributed by atoms with van der Waals surface area (Å²) < 4.78 is 6.26. The standard InChI is InChI=1S/C23H17N5O3S2/c1-31-22(30)15-10-12-16(13-11-15)28-23(24-25-26-28)32-14-21(29)27-17-6-2-4-8-19(17)33-20-9-5-3-7-18(20)27/h2-13H,14H2,1H3. The van der Waals surface area contributed by atoms with Crippen molar-refractivity contribution in [2.45, 2.75) is 14.9 Å². The summed E-state index contributed by atoms with van der Waals surface area (Å²) >= 11 is 2.91. The highest BCUT2D eigenvalue weighted by Crippen LogP contribution is 2.48. The molecule has 0 spiro atoms. The first-order chi connectivity index (χ1) is 16.2. The number of esters is 1. The Labute approximate surface area is 197 Å². The maximum Gasteiger partial charge on any atom is 0.337 e. The number of rotatable bonds is 5. The fourth-order valence-electron chi connectivity index (χ4n) is 3.45. The molecule has 0 fully saturated rings. The third kappa shape index (κ3) is 4.10. The van der Waals surface area contributed by atoms with Gasteiger partial charge in [-0.3, -0.25) is 9.69 Å². The van der Waals surface area contributed by atoms with Gasteiger partial charge in [-0.1, -0.05) is 47.8 Å². The molecule has 0 radical (unpaired) electrons. The number of aromatic nitrogens is 4. The first-order valence-electron chi connectivity index (χ1n) is 9.94. The van der Waals surface area contributed by atoms with Crippen LogP contribution in [0, 0.1) is 0 Å². The van der Waals surface area contributed by atoms with E-state index in [2.05, 4.69) is 15.5 Å². The van der Waals surface area contributed by atoms with E-state index in [9.17, 15) is 9.59 Å². The summed E-state index contributed by atoms with van der Waals surface area (Å²) in [5.41, 5.74) is 2.83. The predicted molar refractivity (Wildman–Crippen MR) is 125 cm³/mol. The number of carbonyl (C=O) groups is 2. The molecule has 0 N–H and O–H groups in total. The van der Waals surface area contributed by atoms with E-state index in [4.69, 9.17) is 4.74 Å². The van der Waals surface area contributed by atoms with E-state index in [0.717, 1.165) is 21.2 Å². The van der Waals surface area contributed by atoms with Gasteiger partial charge in [-0.2, -0.15) is 4.68 Å². The maximum absolute atomic E-state index is 13.4. The normalized spacial score (nSPS) is 12.1. The van der Waals surface area contributed by atoms with Crippen LogP contribution in [-0.2, 0) is 9.53 Å². The number of carbonyl (C=O) groups excluding carboxylic acids is 2. The largest absolute Gasteiger partial charge is 0.465 e. The maximum atomic E-state index is 13.4. The van der Waals surface area contributed by atoms with Crippen LogP contribution < -0.4 is 4.90 Å². The minimum Gasteiger partial charge on any atom is -0.465 e. The third-order valence-corrected chi connectivity index (χ3v) is 7.01. The number of amides is 1. The molecule has 8 nitrogen and oxygen atoms in total. The summed E-state index contributed by atoms with van der Waals surface area (Å²) in [6.45, 7) is 0. The molecule has 0 aliphatic carbocycles. The van der Waals surface area contributed by atoms with E-state index in [-0.39, 0.29) is 11.7 Å². The Bertz CT molecular complexity index is 1290. The number of tetrazole rings is 1. The topological polar surface area (TPSA) is 90.2 Å². The van der Waals surface area contributed by atoms with Crippen LogP contribution in [0.15, 0.2) is 87.7 Å². The van der Waals surface area contributed by atoms with Crippen molar-refractivity contribution in [2.75, 3.05) is 17.8 Å². The van der Waals surface area contributed by atoms with Gasteiger partial charge in [-0.05, 0) is 59.0 Å². The molecule has 164 valence electrons. The molecule has 0 bridgehead atoms. The predicted octanol–water partition coefficient (Wildman–Crippen LogP) is 4.37. The molecular weight excluding hydrogens is 458 g/mol. The van der Waals surface area contributed by atoms with Gasteiger partial charge in [0, 0.05) is 9.79 Å². The molecule has 10 heteroatoms. The first kappa shape index (κ1) is 21.2. The van der Waals surface area contributed by atoms with Gasteiger partial charge >= 0.3 is 5.97 Å². The van der Waals surface area contributed by atoms with Gasteiger partial charge < -0.3 is 4.74 Å². The number of fused-ring (bicyclic) bond motifs is 2. The number of thioether (sulfide) groups is 1. The molecule has 2 heterocycles. The highest BCUT2D eigenvalue weighted by Gasteiger charge is 2.28. The molecule has 0 atom stereocenters. The van der Waals surface area contributed by atoms with Crippen LogP contribution in [-0.4, -0.2) is 44.9 Å². The number of hydrogen-bond donors (Lipinski definition) is 0. The fourth-order valence-corrected chi connectivity index (χ4v) is 5.25. The van der Waals surface area contributed by atoms with E-state index in [1.807, 2.05) is 48.5 Å². The van der Waals surface area contributed by atoms with Crippen molar-refractivity contribution in [1.29, 1.82) is 0 Å². The molecule has 0 saturated heterocycles. The Hall–Kier alpha value is -3.63. The van der Waals surface area contributed by atoms with Crippen LogP contribution in [0.5, 0.6) is 0 Å². The lowest BCUT2D eigenvalue weighted by molar-refractivity contribution is -0.115. The average molecular weight is 476 g/mol. The molecule has 1 amide bonds. The molecule has 1 aliphatic rings. The third-order valence-electron chi connectivity index (χ3n) is 4.98. The van der Waals surface area contributed by atoms with E-state index in [1.165, 1.54) is 23.6 Å². The lowest BCUT2D eigenvalue weighted by atomic mass is 10.2. The SMILES string of the molecule is COC(=O)c1ccc(-n2nnnc2SCC(=O)N2c3ccccc3Sc3ccccc32)cc1. The van der Waals surface area contributed by atoms with Crippen LogP contribution >= 0.6 is 23.5 Å². The second-order valence-corrected chi connectivity index (χ2v) is 8.99. The summed E-state index contributed by atoms with van der Waals surface area (Å²) in [6, 6.07) is 22.5. The lowest BCUT2D eigenvalue weighted by Crippen LogP contribution is -2.30. The zero-order valence-electron chi connectivity index (χ0n) is 17.4. The van der Waals surface area contributed by atoms with E-state index in [1.54, 1.807) is 40.9 Å². The highest BCUT2D eigenvalue weighted by molar-refractivity contribution is 8.00. The Balaban J connectivity index is 1.37. The Morgan fingerprint density at radius 2 is 1.58 bits per heavy atom. The van der Waals surface area contributed by atoms with Gasteiger partial charge in [0.05, 0.1) is 35.5 Å². The fraction of sp³-hybridized carbons (Fsp3) is 0.0870. The minimum atomic E-state index is -0.418. The summed E-state index contributed by atoms with van der Waals surface area (Å²) in [4.78, 5) is 28.9. The van der Waals surface area contributed by atoms with Crippen molar-refractivity contribution in [1.82, 2.24) is 20.2 Å². The quantitative estimate of drug-likeness (QED) is 0.310. The molecule has 4 aromatic rings. The number of nitrogens with zero attached hydrogens (tertiary/aromatic N) is 5. The second kappa shape index (κ2) is 9.08. The van der Waals surface area contributed by atoms with Crippen molar-refractivity contribution in [3.63, 3.8) is 0 Å². The summed E-state index contributed by atoms with van der Waals surface area (Å²) in [5, 5.41) is 12.3. The van der Waals surface area contributed by atoms with E-state index < -0.39 is 5.97 Å². The molecule has 33 heavy (non-hydrogen) atoms. The van der Waals surface area contributed by atoms with Crippen molar-refractivity contribution < 1.29 is 14.3 Å². The van der Waals surface area contributed by atoms with E-state index in [0.29, 0.717) is 16.4 Å². The molecule has 0 unspecified atom stereocenters. The van der Waals surface area contributed by atoms with Crippen molar-refractivity contribution >= 4 is 46.8 Å². The van der Waals surface area contributed by atoms with E-state index >= 15 is 0 Å². The number of ether oxygens (including phenoxy) is 1. The Morgan fingerprint density at radius 3 is 2.21 bits per heavy atom. The zero-order valence-corrected chi connectivity index (χ0v) is 19.0. The monoisotopic (exact) mass is 475 g/mol. The molecule has 1 aromatic heterocycles. The van der Waals surface area contributed by atoms with Crippen molar-refractivity contribution in [3.8, 4) is 5.69 Å². The average Bonchev–Trinajstić information content (AvgIpc) is 3.34. The molecule has 1 aliphatic heterocycles. The van der Waals surface area contributed by atoms with Crippen LogP contribution in [0.4, 0.5) is 11.4 Å². The smallest absolute Gasteiger partial charge is 0.337 e. The summed E-state index contributed by atoms with van der Waals surface area (Å²) in [6.07, 6.45) is 0. The van der Waals surface area contributed by atoms with Crippen LogP contribution in [0.1, 0.15) is 10.4 Å². The van der Waals surface area contributed by atoms with Gasteiger partial charge in [-0.15, -0.1) is 5.10 Å². The van der Waals surface area contributed by atoms with Gasteiger partial charge in [0.2, 0.25) is 11.1 Å². The lowest BCUT2D eigenvalue weighted by Gasteiger charge is -2.30. The van der Waals surface area contributed by atoms with Gasteiger partial charge in [-0.25, -0.2) is 4.79 Å². The summed E-state index contributed by atoms with van der Waals surface area (Å²) in [5.74, 6) is -0.344. The van der Waals surface area contributed by atoms with Crippen LogP contribution in [0.2, 0.25) is 0 Å². The molecule has 3 aromatic carbocycles. The minimum absolute atomic E-state index is 0.0733. The van der Waals surface area contributed by atoms with Gasteiger partial charge in [0.1, 0.15) is 0 Å². The number of para-hydroxylation sites is 2. The molecular formula is C23H17N5O3S2. The van der Waals surface area contributed by atoms with Crippen molar-refractivity contribution in [2.24, 2.45) is 0 Å².